The van der Waals surface area contributed by atoms with Gasteiger partial charge in [0.2, 0.25) is 0 Å². The number of aromatic nitrogens is 3. The predicted molar refractivity (Wildman–Crippen MR) is 109 cm³/mol. The number of carbonyl (C=O) groups is 1. The minimum absolute atomic E-state index is 0.0801. The maximum absolute atomic E-state index is 13.4. The van der Waals surface area contributed by atoms with Crippen molar-refractivity contribution in [3.63, 3.8) is 0 Å². The Labute approximate surface area is 168 Å². The molecule has 5 rings (SSSR count). The number of rotatable bonds is 5. The molecule has 1 aromatic carbocycles. The molecule has 3 heterocycles. The van der Waals surface area contributed by atoms with E-state index in [4.69, 9.17) is 4.52 Å². The molecule has 0 unspecified atom stereocenters. The molecule has 1 fully saturated rings. The Balaban J connectivity index is 1.60. The van der Waals surface area contributed by atoms with Crippen LogP contribution in [0, 0.1) is 0 Å². The van der Waals surface area contributed by atoms with Crippen molar-refractivity contribution in [3.05, 3.63) is 77.7 Å². The van der Waals surface area contributed by atoms with Crippen LogP contribution in [0.25, 0.3) is 22.4 Å². The zero-order chi connectivity index (χ0) is 19.8. The first-order valence-corrected chi connectivity index (χ1v) is 9.71. The maximum Gasteiger partial charge on any atom is 0.259 e. The van der Waals surface area contributed by atoms with E-state index in [1.807, 2.05) is 48.5 Å². The molecule has 0 bridgehead atoms. The highest BCUT2D eigenvalue weighted by Gasteiger charge is 2.30. The van der Waals surface area contributed by atoms with Crippen molar-refractivity contribution in [1.82, 2.24) is 20.0 Å². The average molecular weight is 384 g/mol. The van der Waals surface area contributed by atoms with Crippen molar-refractivity contribution in [1.29, 1.82) is 0 Å². The number of carbonyl (C=O) groups excluding carboxylic acids is 1. The fraction of sp³-hybridized carbons (Fsp3) is 0.217. The van der Waals surface area contributed by atoms with E-state index in [9.17, 15) is 4.79 Å². The molecule has 0 N–H and O–H groups in total. The predicted octanol–water partition coefficient (Wildman–Crippen LogP) is 4.43. The number of hydrogen-bond donors (Lipinski definition) is 0. The van der Waals surface area contributed by atoms with E-state index in [-0.39, 0.29) is 5.91 Å². The van der Waals surface area contributed by atoms with Crippen LogP contribution in [0.3, 0.4) is 0 Å². The van der Waals surface area contributed by atoms with Crippen molar-refractivity contribution in [3.8, 4) is 11.3 Å². The number of amides is 1. The number of benzene rings is 1. The molecule has 0 saturated heterocycles. The van der Waals surface area contributed by atoms with E-state index in [0.29, 0.717) is 34.8 Å². The van der Waals surface area contributed by atoms with Crippen LogP contribution in [-0.4, -0.2) is 33.0 Å². The topological polar surface area (TPSA) is 72.1 Å². The summed E-state index contributed by atoms with van der Waals surface area (Å²) in [7, 11) is 1.80. The van der Waals surface area contributed by atoms with E-state index in [0.717, 1.165) is 29.7 Å². The molecule has 1 amide bonds. The normalized spacial score (nSPS) is 13.6. The Morgan fingerprint density at radius 2 is 2.00 bits per heavy atom. The maximum atomic E-state index is 13.4. The third-order valence-corrected chi connectivity index (χ3v) is 5.23. The highest BCUT2D eigenvalue weighted by Crippen LogP contribution is 2.41. The van der Waals surface area contributed by atoms with Crippen LogP contribution in [0.4, 0.5) is 0 Å². The van der Waals surface area contributed by atoms with Gasteiger partial charge in [-0.25, -0.2) is 4.98 Å². The van der Waals surface area contributed by atoms with Gasteiger partial charge in [-0.2, -0.15) is 0 Å². The van der Waals surface area contributed by atoms with Gasteiger partial charge in [0.15, 0.2) is 0 Å². The fourth-order valence-corrected chi connectivity index (χ4v) is 3.56. The summed E-state index contributed by atoms with van der Waals surface area (Å²) in [5, 5.41) is 4.92. The molecule has 4 aromatic rings. The molecule has 6 nitrogen and oxygen atoms in total. The van der Waals surface area contributed by atoms with Crippen molar-refractivity contribution < 1.29 is 9.32 Å². The molecule has 6 heteroatoms. The highest BCUT2D eigenvalue weighted by molar-refractivity contribution is 6.09. The fourth-order valence-electron chi connectivity index (χ4n) is 3.56. The molecule has 144 valence electrons. The minimum Gasteiger partial charge on any atom is -0.337 e. The summed E-state index contributed by atoms with van der Waals surface area (Å²) in [6.45, 7) is 0.473. The number of nitrogens with zero attached hydrogens (tertiary/aromatic N) is 4. The lowest BCUT2D eigenvalue weighted by atomic mass is 10.0. The van der Waals surface area contributed by atoms with Gasteiger partial charge in [-0.3, -0.25) is 9.78 Å². The van der Waals surface area contributed by atoms with Crippen molar-refractivity contribution in [2.75, 3.05) is 7.05 Å². The summed E-state index contributed by atoms with van der Waals surface area (Å²) in [6.07, 6.45) is 5.69. The van der Waals surface area contributed by atoms with Gasteiger partial charge in [-0.1, -0.05) is 41.6 Å². The second kappa shape index (κ2) is 7.13. The lowest BCUT2D eigenvalue weighted by Gasteiger charge is -2.18. The van der Waals surface area contributed by atoms with Crippen LogP contribution < -0.4 is 0 Å². The first-order valence-electron chi connectivity index (χ1n) is 9.71. The Bertz CT molecular complexity index is 1170. The monoisotopic (exact) mass is 384 g/mol. The van der Waals surface area contributed by atoms with Gasteiger partial charge in [0.25, 0.3) is 11.6 Å². The zero-order valence-electron chi connectivity index (χ0n) is 16.1. The van der Waals surface area contributed by atoms with Gasteiger partial charge in [-0.05, 0) is 30.5 Å². The van der Waals surface area contributed by atoms with Crippen molar-refractivity contribution in [2.24, 2.45) is 0 Å². The molecule has 0 atom stereocenters. The van der Waals surface area contributed by atoms with Gasteiger partial charge in [0, 0.05) is 43.2 Å². The van der Waals surface area contributed by atoms with Gasteiger partial charge in [0.1, 0.15) is 5.69 Å². The van der Waals surface area contributed by atoms with Crippen molar-refractivity contribution >= 4 is 17.0 Å². The Hall–Kier alpha value is -3.54. The largest absolute Gasteiger partial charge is 0.337 e. The van der Waals surface area contributed by atoms with Gasteiger partial charge < -0.3 is 9.42 Å². The smallest absolute Gasteiger partial charge is 0.259 e. The van der Waals surface area contributed by atoms with Gasteiger partial charge in [-0.15, -0.1) is 0 Å². The summed E-state index contributed by atoms with van der Waals surface area (Å²) >= 11 is 0. The zero-order valence-corrected chi connectivity index (χ0v) is 16.1. The first kappa shape index (κ1) is 17.6. The SMILES string of the molecule is CN(Cc1cccnc1)C(=O)c1cc(C2CC2)nc2onc(-c3ccccc3)c12. The Morgan fingerprint density at radius 1 is 1.17 bits per heavy atom. The molecular weight excluding hydrogens is 364 g/mol. The molecule has 29 heavy (non-hydrogen) atoms. The number of hydrogen-bond acceptors (Lipinski definition) is 5. The van der Waals surface area contributed by atoms with E-state index in [2.05, 4.69) is 15.1 Å². The third-order valence-electron chi connectivity index (χ3n) is 5.23. The standard InChI is InChI=1S/C23H20N4O2/c1-27(14-15-6-5-11-24-13-15)23(28)18-12-19(16-9-10-16)25-22-20(18)21(26-29-22)17-7-3-2-4-8-17/h2-8,11-13,16H,9-10,14H2,1H3. The summed E-state index contributed by atoms with van der Waals surface area (Å²) < 4.78 is 5.57. The van der Waals surface area contributed by atoms with E-state index < -0.39 is 0 Å². The van der Waals surface area contributed by atoms with E-state index in [1.54, 1.807) is 24.3 Å². The second-order valence-electron chi connectivity index (χ2n) is 7.47. The number of pyridine rings is 2. The number of fused-ring (bicyclic) bond motifs is 1. The summed E-state index contributed by atoms with van der Waals surface area (Å²) in [5.41, 5.74) is 4.44. The van der Waals surface area contributed by atoms with Crippen molar-refractivity contribution in [2.45, 2.75) is 25.3 Å². The molecule has 1 saturated carbocycles. The average Bonchev–Trinajstić information content (AvgIpc) is 3.53. The van der Waals surface area contributed by atoms with Crippen LogP contribution in [0.15, 0.2) is 65.4 Å². The first-order chi connectivity index (χ1) is 14.2. The Kier molecular flexibility index (Phi) is 4.31. The minimum atomic E-state index is -0.0801. The molecule has 0 spiro atoms. The van der Waals surface area contributed by atoms with Crippen LogP contribution >= 0.6 is 0 Å². The summed E-state index contributed by atoms with van der Waals surface area (Å²) in [6, 6.07) is 15.5. The molecular formula is C23H20N4O2. The third kappa shape index (κ3) is 3.38. The van der Waals surface area contributed by atoms with Gasteiger partial charge in [0.05, 0.1) is 10.9 Å². The quantitative estimate of drug-likeness (QED) is 0.509. The molecule has 0 radical (unpaired) electrons. The van der Waals surface area contributed by atoms with Crippen LogP contribution in [0.1, 0.15) is 40.4 Å². The highest BCUT2D eigenvalue weighted by atomic mass is 16.5. The lowest BCUT2D eigenvalue weighted by Crippen LogP contribution is -2.26. The summed E-state index contributed by atoms with van der Waals surface area (Å²) in [4.78, 5) is 23.9. The second-order valence-corrected chi connectivity index (χ2v) is 7.47. The molecule has 0 aliphatic heterocycles. The Morgan fingerprint density at radius 3 is 2.72 bits per heavy atom. The van der Waals surface area contributed by atoms with E-state index in [1.165, 1.54) is 0 Å². The molecule has 3 aromatic heterocycles. The molecule has 1 aliphatic carbocycles. The van der Waals surface area contributed by atoms with Gasteiger partial charge >= 0.3 is 0 Å². The molecule has 1 aliphatic rings. The van der Waals surface area contributed by atoms with E-state index >= 15 is 0 Å². The van der Waals surface area contributed by atoms with Crippen LogP contribution in [0.5, 0.6) is 0 Å². The summed E-state index contributed by atoms with van der Waals surface area (Å²) in [5.74, 6) is 0.323. The lowest BCUT2D eigenvalue weighted by molar-refractivity contribution is 0.0786. The van der Waals surface area contributed by atoms with Crippen LogP contribution in [-0.2, 0) is 6.54 Å². The van der Waals surface area contributed by atoms with Crippen LogP contribution in [0.2, 0.25) is 0 Å².